The van der Waals surface area contributed by atoms with Crippen molar-refractivity contribution in [1.82, 2.24) is 0 Å². The second kappa shape index (κ2) is 6.99. The van der Waals surface area contributed by atoms with Gasteiger partial charge < -0.3 is 19.9 Å². The number of rotatable bonds is 6. The molecule has 1 aromatic heterocycles. The molecule has 2 aromatic rings. The molecule has 2 N–H and O–H groups in total. The third kappa shape index (κ3) is 3.88. The van der Waals surface area contributed by atoms with Crippen molar-refractivity contribution >= 4 is 23.0 Å². The van der Waals surface area contributed by atoms with Gasteiger partial charge in [-0.1, -0.05) is 12.1 Å². The van der Waals surface area contributed by atoms with E-state index >= 15 is 0 Å². The molecule has 5 nitrogen and oxygen atoms in total. The monoisotopic (exact) mass is 307 g/mol. The average molecular weight is 307 g/mol. The van der Waals surface area contributed by atoms with Crippen molar-refractivity contribution in [3.05, 3.63) is 40.1 Å². The van der Waals surface area contributed by atoms with Crippen LogP contribution in [0.15, 0.2) is 30.3 Å². The Morgan fingerprint density at radius 1 is 1.24 bits per heavy atom. The molecule has 112 valence electrons. The van der Waals surface area contributed by atoms with Crippen molar-refractivity contribution < 1.29 is 19.0 Å². The SMILES string of the molecule is COc1ccccc1OCCOC(=O)c1cc(N)c(C)s1. The fourth-order valence-electron chi connectivity index (χ4n) is 1.69. The van der Waals surface area contributed by atoms with Crippen LogP contribution in [0.5, 0.6) is 11.5 Å². The Labute approximate surface area is 127 Å². The van der Waals surface area contributed by atoms with Crippen molar-refractivity contribution in [3.63, 3.8) is 0 Å². The lowest BCUT2D eigenvalue weighted by atomic mass is 10.3. The number of esters is 1. The molecule has 0 spiro atoms. The number of nitrogen functional groups attached to an aromatic ring is 1. The standard InChI is InChI=1S/C15H17NO4S/c1-10-11(16)9-14(21-10)15(17)20-8-7-19-13-6-4-3-5-12(13)18-2/h3-6,9H,7-8,16H2,1-2H3. The molecular formula is C15H17NO4S. The van der Waals surface area contributed by atoms with Gasteiger partial charge in [0.25, 0.3) is 0 Å². The Morgan fingerprint density at radius 3 is 2.57 bits per heavy atom. The van der Waals surface area contributed by atoms with Crippen molar-refractivity contribution in [1.29, 1.82) is 0 Å². The van der Waals surface area contributed by atoms with Crippen LogP contribution in [0.1, 0.15) is 14.5 Å². The van der Waals surface area contributed by atoms with E-state index in [0.717, 1.165) is 4.88 Å². The Bertz CT molecular complexity index is 604. The summed E-state index contributed by atoms with van der Waals surface area (Å²) in [6.07, 6.45) is 0. The summed E-state index contributed by atoms with van der Waals surface area (Å²) in [5, 5.41) is 0. The summed E-state index contributed by atoms with van der Waals surface area (Å²) in [5.74, 6) is 0.876. The fraction of sp³-hybridized carbons (Fsp3) is 0.267. The second-order valence-electron chi connectivity index (χ2n) is 4.26. The van der Waals surface area contributed by atoms with E-state index in [9.17, 15) is 4.79 Å². The zero-order valence-electron chi connectivity index (χ0n) is 11.9. The van der Waals surface area contributed by atoms with Crippen LogP contribution >= 0.6 is 11.3 Å². The fourth-order valence-corrected chi connectivity index (χ4v) is 2.53. The van der Waals surface area contributed by atoms with Crippen LogP contribution in [0.3, 0.4) is 0 Å². The van der Waals surface area contributed by atoms with E-state index in [4.69, 9.17) is 19.9 Å². The molecule has 0 aliphatic rings. The topological polar surface area (TPSA) is 70.8 Å². The molecule has 0 aliphatic carbocycles. The number of anilines is 1. The van der Waals surface area contributed by atoms with Crippen LogP contribution < -0.4 is 15.2 Å². The Balaban J connectivity index is 1.80. The molecule has 6 heteroatoms. The van der Waals surface area contributed by atoms with E-state index in [1.807, 2.05) is 19.1 Å². The maximum Gasteiger partial charge on any atom is 0.348 e. The van der Waals surface area contributed by atoms with Gasteiger partial charge in [-0.15, -0.1) is 11.3 Å². The van der Waals surface area contributed by atoms with Crippen molar-refractivity contribution in [3.8, 4) is 11.5 Å². The van der Waals surface area contributed by atoms with Gasteiger partial charge in [-0.25, -0.2) is 4.79 Å². The smallest absolute Gasteiger partial charge is 0.348 e. The highest BCUT2D eigenvalue weighted by molar-refractivity contribution is 7.14. The number of aryl methyl sites for hydroxylation is 1. The number of ether oxygens (including phenoxy) is 3. The highest BCUT2D eigenvalue weighted by Gasteiger charge is 2.12. The minimum atomic E-state index is -0.386. The molecule has 2 rings (SSSR count). The summed E-state index contributed by atoms with van der Waals surface area (Å²) >= 11 is 1.32. The lowest BCUT2D eigenvalue weighted by Crippen LogP contribution is -2.11. The van der Waals surface area contributed by atoms with Gasteiger partial charge in [-0.2, -0.15) is 0 Å². The van der Waals surface area contributed by atoms with Crippen LogP contribution in [0.25, 0.3) is 0 Å². The molecule has 0 bridgehead atoms. The minimum Gasteiger partial charge on any atom is -0.493 e. The van der Waals surface area contributed by atoms with Crippen molar-refractivity contribution in [2.45, 2.75) is 6.92 Å². The van der Waals surface area contributed by atoms with E-state index in [2.05, 4.69) is 0 Å². The van der Waals surface area contributed by atoms with Crippen LogP contribution in [0, 0.1) is 6.92 Å². The van der Waals surface area contributed by atoms with Crippen molar-refractivity contribution in [2.75, 3.05) is 26.1 Å². The van der Waals surface area contributed by atoms with Gasteiger partial charge in [0, 0.05) is 10.6 Å². The van der Waals surface area contributed by atoms with E-state index in [1.165, 1.54) is 11.3 Å². The number of benzene rings is 1. The molecule has 0 saturated carbocycles. The summed E-state index contributed by atoms with van der Waals surface area (Å²) in [6, 6.07) is 8.93. The Hall–Kier alpha value is -2.21. The molecule has 0 amide bonds. The quantitative estimate of drug-likeness (QED) is 0.656. The number of thiophene rings is 1. The van der Waals surface area contributed by atoms with Crippen LogP contribution in [0.4, 0.5) is 5.69 Å². The molecule has 21 heavy (non-hydrogen) atoms. The van der Waals surface area contributed by atoms with Gasteiger partial charge >= 0.3 is 5.97 Å². The van der Waals surface area contributed by atoms with E-state index in [-0.39, 0.29) is 19.2 Å². The van der Waals surface area contributed by atoms with Gasteiger partial charge in [0.2, 0.25) is 0 Å². The van der Waals surface area contributed by atoms with Gasteiger partial charge in [0.05, 0.1) is 7.11 Å². The van der Waals surface area contributed by atoms with Gasteiger partial charge in [-0.05, 0) is 25.1 Å². The molecule has 1 aromatic carbocycles. The predicted molar refractivity (Wildman–Crippen MR) is 82.2 cm³/mol. The first-order valence-electron chi connectivity index (χ1n) is 6.40. The number of para-hydroxylation sites is 2. The van der Waals surface area contributed by atoms with Crippen LogP contribution in [-0.2, 0) is 4.74 Å². The third-order valence-electron chi connectivity index (χ3n) is 2.80. The van der Waals surface area contributed by atoms with Gasteiger partial charge in [0.15, 0.2) is 11.5 Å². The minimum absolute atomic E-state index is 0.160. The second-order valence-corrected chi connectivity index (χ2v) is 5.51. The summed E-state index contributed by atoms with van der Waals surface area (Å²) in [5.41, 5.74) is 6.31. The first kappa shape index (κ1) is 15.2. The van der Waals surface area contributed by atoms with E-state index in [0.29, 0.717) is 22.1 Å². The summed E-state index contributed by atoms with van der Waals surface area (Å²) in [6.45, 7) is 2.28. The zero-order valence-corrected chi connectivity index (χ0v) is 12.7. The maximum absolute atomic E-state index is 11.8. The lowest BCUT2D eigenvalue weighted by Gasteiger charge is -2.10. The Morgan fingerprint density at radius 2 is 1.95 bits per heavy atom. The molecule has 0 atom stereocenters. The third-order valence-corrected chi connectivity index (χ3v) is 3.85. The number of methoxy groups -OCH3 is 1. The lowest BCUT2D eigenvalue weighted by molar-refractivity contribution is 0.0455. The maximum atomic E-state index is 11.8. The average Bonchev–Trinajstić information content (AvgIpc) is 2.83. The number of hydrogen-bond donors (Lipinski definition) is 1. The van der Waals surface area contributed by atoms with E-state index in [1.54, 1.807) is 25.3 Å². The number of carbonyl (C=O) groups is 1. The first-order valence-corrected chi connectivity index (χ1v) is 7.22. The molecule has 0 unspecified atom stereocenters. The van der Waals surface area contributed by atoms with Gasteiger partial charge in [-0.3, -0.25) is 0 Å². The zero-order chi connectivity index (χ0) is 15.2. The molecule has 0 radical (unpaired) electrons. The van der Waals surface area contributed by atoms with Crippen LogP contribution in [0.2, 0.25) is 0 Å². The number of nitrogens with two attached hydrogens (primary N) is 1. The summed E-state index contributed by atoms with van der Waals surface area (Å²) < 4.78 is 15.8. The highest BCUT2D eigenvalue weighted by Crippen LogP contribution is 2.26. The normalized spacial score (nSPS) is 10.2. The number of carbonyl (C=O) groups excluding carboxylic acids is 1. The van der Waals surface area contributed by atoms with Crippen molar-refractivity contribution in [2.24, 2.45) is 0 Å². The van der Waals surface area contributed by atoms with Crippen LogP contribution in [-0.4, -0.2) is 26.3 Å². The molecule has 0 aliphatic heterocycles. The highest BCUT2D eigenvalue weighted by atomic mass is 32.1. The predicted octanol–water partition coefficient (Wildman–Crippen LogP) is 2.88. The summed E-state index contributed by atoms with van der Waals surface area (Å²) in [7, 11) is 1.58. The first-order chi connectivity index (χ1) is 10.1. The van der Waals surface area contributed by atoms with Gasteiger partial charge in [0.1, 0.15) is 18.1 Å². The molecule has 0 saturated heterocycles. The van der Waals surface area contributed by atoms with E-state index < -0.39 is 0 Å². The summed E-state index contributed by atoms with van der Waals surface area (Å²) in [4.78, 5) is 13.2. The molecule has 0 fully saturated rings. The number of hydrogen-bond acceptors (Lipinski definition) is 6. The largest absolute Gasteiger partial charge is 0.493 e. The molecule has 1 heterocycles. The molecular weight excluding hydrogens is 290 g/mol. The Kier molecular flexibility index (Phi) is 5.05.